The van der Waals surface area contributed by atoms with E-state index in [2.05, 4.69) is 15.0 Å². The van der Waals surface area contributed by atoms with Gasteiger partial charge in [-0.3, -0.25) is 4.79 Å². The first kappa shape index (κ1) is 17.7. The summed E-state index contributed by atoms with van der Waals surface area (Å²) in [6, 6.07) is 7.49. The fourth-order valence-corrected chi connectivity index (χ4v) is 3.75. The van der Waals surface area contributed by atoms with E-state index >= 15 is 0 Å². The minimum atomic E-state index is -0.388. The Morgan fingerprint density at radius 3 is 2.90 bits per heavy atom. The quantitative estimate of drug-likeness (QED) is 0.568. The van der Waals surface area contributed by atoms with Gasteiger partial charge in [0.2, 0.25) is 11.7 Å². The second-order valence-electron chi connectivity index (χ2n) is 8.34. The minimum Gasteiger partial charge on any atom is -0.435 e. The van der Waals surface area contributed by atoms with Crippen LogP contribution in [0.3, 0.4) is 0 Å². The number of imidazole rings is 1. The highest BCUT2D eigenvalue weighted by atomic mass is 16.4. The van der Waals surface area contributed by atoms with Crippen LogP contribution >= 0.6 is 0 Å². The van der Waals surface area contributed by atoms with Crippen LogP contribution in [0.15, 0.2) is 47.4 Å². The molecule has 0 radical (unpaired) electrons. The summed E-state index contributed by atoms with van der Waals surface area (Å²) >= 11 is 0. The molecule has 1 atom stereocenters. The highest BCUT2D eigenvalue weighted by Crippen LogP contribution is 2.34. The number of carbonyl (C=O) groups excluding carboxylic acids is 1. The molecule has 5 rings (SSSR count). The van der Waals surface area contributed by atoms with Crippen LogP contribution in [0.5, 0.6) is 0 Å². The highest BCUT2D eigenvalue weighted by Gasteiger charge is 2.37. The van der Waals surface area contributed by atoms with Crippen molar-refractivity contribution in [2.24, 2.45) is 0 Å². The van der Waals surface area contributed by atoms with E-state index in [0.717, 1.165) is 22.6 Å². The molecule has 1 aliphatic rings. The monoisotopic (exact) mass is 390 g/mol. The minimum absolute atomic E-state index is 0.205. The fraction of sp³-hybridized carbons (Fsp3) is 0.333. The standard InChI is InChI=1S/C21H22N6O2/c1-21(2,3)20-22-11-16(29-20)19(28)26-9-7-14-17(24-12-23-14)18(26)15-10-13-6-4-5-8-27(13)25-15/h4-6,8,10-12,18H,7,9H2,1-3H3,(H,23,24)/t18-/m1/s1. The van der Waals surface area contributed by atoms with E-state index < -0.39 is 0 Å². The average Bonchev–Trinajstić information content (AvgIpc) is 3.44. The summed E-state index contributed by atoms with van der Waals surface area (Å²) in [5.41, 5.74) is 3.32. The second kappa shape index (κ2) is 6.30. The molecule has 1 amide bonds. The number of carbonyl (C=O) groups is 1. The van der Waals surface area contributed by atoms with Crippen LogP contribution in [-0.4, -0.2) is 41.9 Å². The maximum atomic E-state index is 13.4. The number of aromatic amines is 1. The fourth-order valence-electron chi connectivity index (χ4n) is 3.75. The Bertz CT molecular complexity index is 1160. The van der Waals surface area contributed by atoms with E-state index in [9.17, 15) is 4.79 Å². The summed E-state index contributed by atoms with van der Waals surface area (Å²) < 4.78 is 7.63. The molecule has 0 bridgehead atoms. The molecule has 0 aliphatic carbocycles. The third-order valence-corrected chi connectivity index (χ3v) is 5.21. The van der Waals surface area contributed by atoms with Gasteiger partial charge in [-0.2, -0.15) is 5.10 Å². The van der Waals surface area contributed by atoms with Gasteiger partial charge in [0.15, 0.2) is 0 Å². The summed E-state index contributed by atoms with van der Waals surface area (Å²) in [5, 5.41) is 4.71. The molecule has 0 fully saturated rings. The molecule has 8 heteroatoms. The smallest absolute Gasteiger partial charge is 0.292 e. The Balaban J connectivity index is 1.57. The predicted octanol–water partition coefficient (Wildman–Crippen LogP) is 3.13. The molecule has 4 aromatic heterocycles. The number of oxazole rings is 1. The maximum absolute atomic E-state index is 13.4. The van der Waals surface area contributed by atoms with Gasteiger partial charge in [0.25, 0.3) is 5.91 Å². The molecular formula is C21H22N6O2. The van der Waals surface area contributed by atoms with Crippen molar-refractivity contribution in [2.75, 3.05) is 6.54 Å². The van der Waals surface area contributed by atoms with Gasteiger partial charge in [-0.15, -0.1) is 0 Å². The lowest BCUT2D eigenvalue weighted by Gasteiger charge is -2.33. The number of hydrogen-bond acceptors (Lipinski definition) is 5. The lowest BCUT2D eigenvalue weighted by molar-refractivity contribution is 0.0650. The highest BCUT2D eigenvalue weighted by molar-refractivity contribution is 5.92. The van der Waals surface area contributed by atoms with Crippen molar-refractivity contribution >= 4 is 11.4 Å². The molecule has 0 unspecified atom stereocenters. The molecule has 148 valence electrons. The molecule has 0 aromatic carbocycles. The van der Waals surface area contributed by atoms with E-state index in [1.54, 1.807) is 11.2 Å². The van der Waals surface area contributed by atoms with Crippen LogP contribution in [-0.2, 0) is 11.8 Å². The van der Waals surface area contributed by atoms with Gasteiger partial charge in [-0.05, 0) is 18.2 Å². The van der Waals surface area contributed by atoms with Gasteiger partial charge in [-0.25, -0.2) is 14.5 Å². The number of hydrogen-bond donors (Lipinski definition) is 1. The van der Waals surface area contributed by atoms with Gasteiger partial charge in [0.05, 0.1) is 29.4 Å². The maximum Gasteiger partial charge on any atom is 0.292 e. The van der Waals surface area contributed by atoms with Crippen LogP contribution < -0.4 is 0 Å². The van der Waals surface area contributed by atoms with Gasteiger partial charge in [0, 0.05) is 30.3 Å². The zero-order valence-corrected chi connectivity index (χ0v) is 16.6. The second-order valence-corrected chi connectivity index (χ2v) is 8.34. The van der Waals surface area contributed by atoms with Crippen LogP contribution in [0.1, 0.15) is 60.3 Å². The summed E-state index contributed by atoms with van der Waals surface area (Å²) in [6.07, 6.45) is 5.79. The predicted molar refractivity (Wildman–Crippen MR) is 106 cm³/mol. The van der Waals surface area contributed by atoms with E-state index in [4.69, 9.17) is 9.52 Å². The Hall–Kier alpha value is -3.42. The molecule has 8 nitrogen and oxygen atoms in total. The first-order valence-corrected chi connectivity index (χ1v) is 9.65. The van der Waals surface area contributed by atoms with E-state index in [1.807, 2.05) is 55.7 Å². The lowest BCUT2D eigenvalue weighted by Crippen LogP contribution is -2.40. The van der Waals surface area contributed by atoms with Crippen LogP contribution in [0.4, 0.5) is 0 Å². The molecule has 0 saturated heterocycles. The Morgan fingerprint density at radius 1 is 1.28 bits per heavy atom. The number of nitrogens with one attached hydrogen (secondary N) is 1. The summed E-state index contributed by atoms with van der Waals surface area (Å²) in [5.74, 6) is 0.578. The first-order chi connectivity index (χ1) is 13.9. The molecule has 29 heavy (non-hydrogen) atoms. The molecule has 5 heterocycles. The zero-order chi connectivity index (χ0) is 20.2. The van der Waals surface area contributed by atoms with Crippen molar-refractivity contribution in [3.05, 3.63) is 71.7 Å². The number of rotatable bonds is 2. The lowest BCUT2D eigenvalue weighted by atomic mass is 9.97. The van der Waals surface area contributed by atoms with Crippen molar-refractivity contribution in [1.29, 1.82) is 0 Å². The van der Waals surface area contributed by atoms with Gasteiger partial charge in [0.1, 0.15) is 6.04 Å². The molecule has 1 aliphatic heterocycles. The average molecular weight is 390 g/mol. The first-order valence-electron chi connectivity index (χ1n) is 9.65. The number of nitrogens with zero attached hydrogens (tertiary/aromatic N) is 5. The summed E-state index contributed by atoms with van der Waals surface area (Å²) in [7, 11) is 0. The van der Waals surface area contributed by atoms with E-state index in [1.165, 1.54) is 6.20 Å². The Morgan fingerprint density at radius 2 is 2.14 bits per heavy atom. The SMILES string of the molecule is CC(C)(C)c1ncc(C(=O)N2CCc3[nH]cnc3[C@H]2c2cc3ccccn3n2)o1. The third kappa shape index (κ3) is 2.91. The van der Waals surface area contributed by atoms with Crippen LogP contribution in [0.2, 0.25) is 0 Å². The van der Waals surface area contributed by atoms with Crippen molar-refractivity contribution in [2.45, 2.75) is 38.6 Å². The third-order valence-electron chi connectivity index (χ3n) is 5.21. The van der Waals surface area contributed by atoms with Gasteiger partial charge < -0.3 is 14.3 Å². The zero-order valence-electron chi connectivity index (χ0n) is 16.6. The number of fused-ring (bicyclic) bond motifs is 2. The Kier molecular flexibility index (Phi) is 3.84. The molecule has 0 saturated carbocycles. The number of H-pyrrole nitrogens is 1. The van der Waals surface area contributed by atoms with E-state index in [0.29, 0.717) is 18.9 Å². The number of pyridine rings is 1. The normalized spacial score (nSPS) is 16.9. The van der Waals surface area contributed by atoms with Crippen LogP contribution in [0, 0.1) is 0 Å². The summed E-state index contributed by atoms with van der Waals surface area (Å²) in [4.78, 5) is 27.2. The van der Waals surface area contributed by atoms with Gasteiger partial charge in [-0.1, -0.05) is 26.8 Å². The van der Waals surface area contributed by atoms with Crippen molar-refractivity contribution in [1.82, 2.24) is 29.5 Å². The van der Waals surface area contributed by atoms with Crippen molar-refractivity contribution < 1.29 is 9.21 Å². The number of aromatic nitrogens is 5. The topological polar surface area (TPSA) is 92.3 Å². The summed E-state index contributed by atoms with van der Waals surface area (Å²) in [6.45, 7) is 6.55. The Labute approximate surface area is 167 Å². The van der Waals surface area contributed by atoms with Gasteiger partial charge >= 0.3 is 0 Å². The molecular weight excluding hydrogens is 368 g/mol. The van der Waals surface area contributed by atoms with E-state index in [-0.39, 0.29) is 23.1 Å². The molecule has 1 N–H and O–H groups in total. The largest absolute Gasteiger partial charge is 0.435 e. The number of amides is 1. The van der Waals surface area contributed by atoms with Crippen LogP contribution in [0.25, 0.3) is 5.52 Å². The van der Waals surface area contributed by atoms with Crippen molar-refractivity contribution in [3.8, 4) is 0 Å². The van der Waals surface area contributed by atoms with Crippen molar-refractivity contribution in [3.63, 3.8) is 0 Å². The molecule has 0 spiro atoms. The molecule has 4 aromatic rings.